The van der Waals surface area contributed by atoms with Crippen molar-refractivity contribution < 1.29 is 4.79 Å². The largest absolute Gasteiger partial charge is 0.371 e. The minimum atomic E-state index is -0.284. The Morgan fingerprint density at radius 3 is 2.58 bits per heavy atom. The first-order valence-corrected chi connectivity index (χ1v) is 9.26. The number of rotatable bonds is 6. The highest BCUT2D eigenvalue weighted by Crippen LogP contribution is 2.25. The Balaban J connectivity index is 1.65. The molecule has 2 heterocycles. The van der Waals surface area contributed by atoms with Gasteiger partial charge in [0.05, 0.1) is 6.04 Å². The van der Waals surface area contributed by atoms with E-state index in [9.17, 15) is 4.79 Å². The Kier molecular flexibility index (Phi) is 6.17. The van der Waals surface area contributed by atoms with E-state index in [0.29, 0.717) is 5.95 Å². The Morgan fingerprint density at radius 1 is 1.15 bits per heavy atom. The summed E-state index contributed by atoms with van der Waals surface area (Å²) in [4.78, 5) is 25.1. The smallest absolute Gasteiger partial charge is 0.243 e. The van der Waals surface area contributed by atoms with Crippen LogP contribution in [-0.4, -0.2) is 47.0 Å². The van der Waals surface area contributed by atoms with Gasteiger partial charge in [0, 0.05) is 37.7 Å². The number of benzene rings is 1. The molecule has 0 unspecified atom stereocenters. The molecular weight excluding hydrogens is 326 g/mol. The zero-order valence-electron chi connectivity index (χ0n) is 15.6. The fourth-order valence-corrected chi connectivity index (χ4v) is 3.27. The van der Waals surface area contributed by atoms with Crippen LogP contribution in [0.2, 0.25) is 0 Å². The molecule has 26 heavy (non-hydrogen) atoms. The second-order valence-electron chi connectivity index (χ2n) is 6.83. The average Bonchev–Trinajstić information content (AvgIpc) is 2.69. The molecule has 0 radical (unpaired) electrons. The molecule has 138 valence electrons. The van der Waals surface area contributed by atoms with Gasteiger partial charge >= 0.3 is 0 Å². The second-order valence-corrected chi connectivity index (χ2v) is 6.83. The average molecular weight is 353 g/mol. The van der Waals surface area contributed by atoms with Gasteiger partial charge in [0.2, 0.25) is 11.9 Å². The van der Waals surface area contributed by atoms with Crippen molar-refractivity contribution in [3.05, 3.63) is 48.3 Å². The minimum absolute atomic E-state index is 0.103. The first-order valence-electron chi connectivity index (χ1n) is 9.26. The highest BCUT2D eigenvalue weighted by Gasteiger charge is 2.21. The molecule has 0 saturated carbocycles. The molecule has 1 fully saturated rings. The summed E-state index contributed by atoms with van der Waals surface area (Å²) in [7, 11) is 1.98. The lowest BCUT2D eigenvalue weighted by Crippen LogP contribution is -2.40. The first kappa shape index (κ1) is 18.3. The zero-order valence-corrected chi connectivity index (χ0v) is 15.6. The third kappa shape index (κ3) is 4.58. The van der Waals surface area contributed by atoms with Crippen LogP contribution in [0.25, 0.3) is 0 Å². The van der Waals surface area contributed by atoms with Crippen molar-refractivity contribution in [1.29, 1.82) is 0 Å². The maximum Gasteiger partial charge on any atom is 0.243 e. The van der Waals surface area contributed by atoms with Crippen molar-refractivity contribution in [1.82, 2.24) is 14.9 Å². The number of carbonyl (C=O) groups excluding carboxylic acids is 1. The number of piperidine rings is 1. The summed E-state index contributed by atoms with van der Waals surface area (Å²) in [6, 6.07) is 9.95. The summed E-state index contributed by atoms with van der Waals surface area (Å²) in [5.74, 6) is 0.237. The molecule has 1 N–H and O–H groups in total. The molecule has 0 spiro atoms. The summed E-state index contributed by atoms with van der Waals surface area (Å²) in [5, 5.41) is 2.77. The van der Waals surface area contributed by atoms with Gasteiger partial charge in [-0.25, -0.2) is 9.97 Å². The van der Waals surface area contributed by atoms with Crippen LogP contribution in [0.1, 0.15) is 31.7 Å². The van der Waals surface area contributed by atoms with Crippen molar-refractivity contribution in [2.75, 3.05) is 30.4 Å². The number of amides is 1. The molecule has 1 saturated heterocycles. The molecule has 6 nitrogen and oxygen atoms in total. The number of anilines is 2. The van der Waals surface area contributed by atoms with Crippen LogP contribution in [-0.2, 0) is 11.3 Å². The van der Waals surface area contributed by atoms with Crippen molar-refractivity contribution in [3.8, 4) is 0 Å². The lowest BCUT2D eigenvalue weighted by atomic mass is 10.1. The Bertz CT molecular complexity index is 715. The maximum atomic E-state index is 12.5. The van der Waals surface area contributed by atoms with Crippen LogP contribution < -0.4 is 10.2 Å². The summed E-state index contributed by atoms with van der Waals surface area (Å²) >= 11 is 0. The van der Waals surface area contributed by atoms with Crippen LogP contribution in [0.15, 0.2) is 42.7 Å². The number of nitrogens with one attached hydrogen (secondary N) is 1. The van der Waals surface area contributed by atoms with Gasteiger partial charge in [-0.05, 0) is 50.9 Å². The SMILES string of the molecule is C[C@@H](C(=O)Nc1ncccn1)N(C)Cc1ccccc1N1CCCCC1. The van der Waals surface area contributed by atoms with E-state index >= 15 is 0 Å². The van der Waals surface area contributed by atoms with Crippen LogP contribution in [0.4, 0.5) is 11.6 Å². The maximum absolute atomic E-state index is 12.5. The molecule has 1 amide bonds. The lowest BCUT2D eigenvalue weighted by Gasteiger charge is -2.32. The first-order chi connectivity index (χ1) is 12.6. The van der Waals surface area contributed by atoms with Gasteiger partial charge in [-0.1, -0.05) is 18.2 Å². The predicted octanol–water partition coefficient (Wildman–Crippen LogP) is 2.93. The quantitative estimate of drug-likeness (QED) is 0.865. The van der Waals surface area contributed by atoms with Crippen molar-refractivity contribution in [3.63, 3.8) is 0 Å². The summed E-state index contributed by atoms with van der Waals surface area (Å²) in [6.07, 6.45) is 7.05. The van der Waals surface area contributed by atoms with Crippen molar-refractivity contribution in [2.24, 2.45) is 0 Å². The van der Waals surface area contributed by atoms with E-state index in [4.69, 9.17) is 0 Å². The topological polar surface area (TPSA) is 61.4 Å². The molecule has 1 aromatic heterocycles. The summed E-state index contributed by atoms with van der Waals surface area (Å²) < 4.78 is 0. The molecule has 2 aromatic rings. The Labute approximate surface area is 155 Å². The standard InChI is InChI=1S/C20H27N5O/c1-16(19(26)23-20-21-11-8-12-22-20)24(2)15-17-9-4-5-10-18(17)25-13-6-3-7-14-25/h4-5,8-12,16H,3,6-7,13-15H2,1-2H3,(H,21,22,23,26)/t16-/m0/s1. The van der Waals surface area contributed by atoms with E-state index in [1.165, 1.54) is 30.5 Å². The van der Waals surface area contributed by atoms with E-state index in [1.54, 1.807) is 18.5 Å². The number of carbonyl (C=O) groups is 1. The normalized spacial score (nSPS) is 15.7. The predicted molar refractivity (Wildman–Crippen MR) is 104 cm³/mol. The third-order valence-corrected chi connectivity index (χ3v) is 4.95. The Hall–Kier alpha value is -2.47. The molecule has 1 aliphatic heterocycles. The van der Waals surface area contributed by atoms with E-state index in [1.807, 2.05) is 14.0 Å². The van der Waals surface area contributed by atoms with Crippen LogP contribution >= 0.6 is 0 Å². The van der Waals surface area contributed by atoms with Gasteiger partial charge in [-0.2, -0.15) is 0 Å². The van der Waals surface area contributed by atoms with Gasteiger partial charge in [-0.15, -0.1) is 0 Å². The zero-order chi connectivity index (χ0) is 18.4. The molecule has 0 aliphatic carbocycles. The van der Waals surface area contributed by atoms with Crippen molar-refractivity contribution >= 4 is 17.5 Å². The summed E-state index contributed by atoms with van der Waals surface area (Å²) in [5.41, 5.74) is 2.55. The number of hydrogen-bond donors (Lipinski definition) is 1. The third-order valence-electron chi connectivity index (χ3n) is 4.95. The number of hydrogen-bond acceptors (Lipinski definition) is 5. The number of nitrogens with zero attached hydrogens (tertiary/aromatic N) is 4. The fourth-order valence-electron chi connectivity index (χ4n) is 3.27. The van der Waals surface area contributed by atoms with Gasteiger partial charge in [0.25, 0.3) is 0 Å². The summed E-state index contributed by atoms with van der Waals surface area (Å²) in [6.45, 7) is 4.85. The molecule has 1 aromatic carbocycles. The monoisotopic (exact) mass is 353 g/mol. The molecule has 1 atom stereocenters. The second kappa shape index (κ2) is 8.76. The van der Waals surface area contributed by atoms with Gasteiger partial charge in [0.15, 0.2) is 0 Å². The number of para-hydroxylation sites is 1. The number of likely N-dealkylation sites (N-methyl/N-ethyl adjacent to an activating group) is 1. The van der Waals surface area contributed by atoms with Crippen LogP contribution in [0, 0.1) is 0 Å². The molecule has 3 rings (SSSR count). The van der Waals surface area contributed by atoms with Gasteiger partial charge in [0.1, 0.15) is 0 Å². The van der Waals surface area contributed by atoms with E-state index in [-0.39, 0.29) is 11.9 Å². The lowest BCUT2D eigenvalue weighted by molar-refractivity contribution is -0.120. The molecule has 6 heteroatoms. The van der Waals surface area contributed by atoms with E-state index < -0.39 is 0 Å². The fraction of sp³-hybridized carbons (Fsp3) is 0.450. The van der Waals surface area contributed by atoms with Crippen LogP contribution in [0.3, 0.4) is 0 Å². The highest BCUT2D eigenvalue weighted by molar-refractivity contribution is 5.93. The van der Waals surface area contributed by atoms with Gasteiger partial charge < -0.3 is 4.90 Å². The number of aromatic nitrogens is 2. The molecular formula is C20H27N5O. The Morgan fingerprint density at radius 2 is 1.85 bits per heavy atom. The van der Waals surface area contributed by atoms with Gasteiger partial charge in [-0.3, -0.25) is 15.0 Å². The van der Waals surface area contributed by atoms with Crippen LogP contribution in [0.5, 0.6) is 0 Å². The van der Waals surface area contributed by atoms with E-state index in [0.717, 1.165) is 19.6 Å². The van der Waals surface area contributed by atoms with Crippen molar-refractivity contribution in [2.45, 2.75) is 38.8 Å². The molecule has 1 aliphatic rings. The van der Waals surface area contributed by atoms with E-state index in [2.05, 4.69) is 49.4 Å². The molecule has 0 bridgehead atoms. The highest BCUT2D eigenvalue weighted by atomic mass is 16.2. The minimum Gasteiger partial charge on any atom is -0.371 e.